The fourth-order valence-corrected chi connectivity index (χ4v) is 4.98. The molecule has 3 nitrogen and oxygen atoms in total. The maximum Gasteiger partial charge on any atom is 0.262 e. The van der Waals surface area contributed by atoms with E-state index >= 15 is 0 Å². The molecule has 1 aliphatic carbocycles. The lowest BCUT2D eigenvalue weighted by atomic mass is 9.89. The largest absolute Gasteiger partial charge is 0.294 e. The molecule has 1 aromatic carbocycles. The molecule has 0 fully saturated rings. The van der Waals surface area contributed by atoms with Gasteiger partial charge in [0, 0.05) is 4.88 Å². The van der Waals surface area contributed by atoms with Crippen LogP contribution in [0.3, 0.4) is 0 Å². The van der Waals surface area contributed by atoms with Gasteiger partial charge in [-0.25, -0.2) is 4.98 Å². The number of thiophene rings is 1. The quantitative estimate of drug-likeness (QED) is 0.632. The molecule has 1 aliphatic rings. The molecule has 1 atom stereocenters. The van der Waals surface area contributed by atoms with E-state index in [4.69, 9.17) is 23.2 Å². The third-order valence-corrected chi connectivity index (χ3v) is 6.52. The van der Waals surface area contributed by atoms with Crippen molar-refractivity contribution in [3.05, 3.63) is 60.9 Å². The van der Waals surface area contributed by atoms with Crippen LogP contribution < -0.4 is 5.56 Å². The molecular formula is C18H16Cl2N2OS. The van der Waals surface area contributed by atoms with E-state index in [2.05, 4.69) is 11.9 Å². The normalized spacial score (nSPS) is 17.2. The van der Waals surface area contributed by atoms with Gasteiger partial charge in [-0.1, -0.05) is 36.2 Å². The van der Waals surface area contributed by atoms with Crippen LogP contribution in [0.2, 0.25) is 10.0 Å². The number of aromatic nitrogens is 2. The van der Waals surface area contributed by atoms with Crippen LogP contribution in [0.15, 0.2) is 29.3 Å². The molecule has 4 rings (SSSR count). The minimum absolute atomic E-state index is 0.0399. The first kappa shape index (κ1) is 16.1. The van der Waals surface area contributed by atoms with E-state index in [1.807, 2.05) is 6.07 Å². The number of benzene rings is 1. The molecule has 124 valence electrons. The van der Waals surface area contributed by atoms with E-state index in [-0.39, 0.29) is 5.56 Å². The number of nitrogens with zero attached hydrogens (tertiary/aromatic N) is 2. The van der Waals surface area contributed by atoms with E-state index in [1.54, 1.807) is 34.4 Å². The average molecular weight is 379 g/mol. The average Bonchev–Trinajstić information content (AvgIpc) is 2.91. The van der Waals surface area contributed by atoms with Crippen LogP contribution in [-0.4, -0.2) is 9.55 Å². The molecule has 0 aliphatic heterocycles. The summed E-state index contributed by atoms with van der Waals surface area (Å²) in [6, 6.07) is 5.44. The zero-order valence-electron chi connectivity index (χ0n) is 13.2. The van der Waals surface area contributed by atoms with Crippen molar-refractivity contribution >= 4 is 44.8 Å². The Hall–Kier alpha value is -1.36. The molecule has 24 heavy (non-hydrogen) atoms. The molecule has 6 heteroatoms. The Balaban J connectivity index is 1.78. The monoisotopic (exact) mass is 378 g/mol. The van der Waals surface area contributed by atoms with Gasteiger partial charge in [-0.15, -0.1) is 11.3 Å². The molecule has 0 saturated heterocycles. The van der Waals surface area contributed by atoms with Gasteiger partial charge in [0.2, 0.25) is 0 Å². The van der Waals surface area contributed by atoms with Gasteiger partial charge in [0.15, 0.2) is 0 Å². The van der Waals surface area contributed by atoms with Gasteiger partial charge in [-0.05, 0) is 48.4 Å². The highest BCUT2D eigenvalue weighted by molar-refractivity contribution is 7.18. The summed E-state index contributed by atoms with van der Waals surface area (Å²) in [5.41, 5.74) is 2.19. The van der Waals surface area contributed by atoms with E-state index in [1.165, 1.54) is 10.4 Å². The summed E-state index contributed by atoms with van der Waals surface area (Å²) in [6.07, 6.45) is 4.81. The van der Waals surface area contributed by atoms with Gasteiger partial charge >= 0.3 is 0 Å². The number of fused-ring (bicyclic) bond motifs is 3. The van der Waals surface area contributed by atoms with Crippen LogP contribution in [0.25, 0.3) is 10.2 Å². The first-order valence-electron chi connectivity index (χ1n) is 7.96. The summed E-state index contributed by atoms with van der Waals surface area (Å²) in [5, 5.41) is 1.82. The Kier molecular flexibility index (Phi) is 4.15. The van der Waals surface area contributed by atoms with Crippen LogP contribution in [0, 0.1) is 5.92 Å². The van der Waals surface area contributed by atoms with E-state index in [9.17, 15) is 4.79 Å². The highest BCUT2D eigenvalue weighted by atomic mass is 35.5. The smallest absolute Gasteiger partial charge is 0.262 e. The zero-order chi connectivity index (χ0) is 16.8. The fourth-order valence-electron chi connectivity index (χ4n) is 3.31. The van der Waals surface area contributed by atoms with Crippen molar-refractivity contribution in [1.29, 1.82) is 0 Å². The molecule has 0 radical (unpaired) electrons. The highest BCUT2D eigenvalue weighted by Crippen LogP contribution is 2.35. The van der Waals surface area contributed by atoms with Crippen LogP contribution in [0.5, 0.6) is 0 Å². The summed E-state index contributed by atoms with van der Waals surface area (Å²) in [7, 11) is 0. The van der Waals surface area contributed by atoms with E-state index in [0.717, 1.165) is 35.0 Å². The molecule has 2 heterocycles. The van der Waals surface area contributed by atoms with Gasteiger partial charge in [-0.2, -0.15) is 0 Å². The maximum atomic E-state index is 13.0. The molecule has 0 saturated carbocycles. The second kappa shape index (κ2) is 6.17. The zero-order valence-corrected chi connectivity index (χ0v) is 15.5. The number of aryl methyl sites for hydroxylation is 1. The third kappa shape index (κ3) is 2.77. The molecule has 3 aromatic rings. The van der Waals surface area contributed by atoms with Crippen LogP contribution >= 0.6 is 34.5 Å². The van der Waals surface area contributed by atoms with Gasteiger partial charge in [-0.3, -0.25) is 9.36 Å². The molecule has 0 N–H and O–H groups in total. The van der Waals surface area contributed by atoms with Crippen LogP contribution in [0.4, 0.5) is 0 Å². The summed E-state index contributed by atoms with van der Waals surface area (Å²) >= 11 is 13.7. The number of hydrogen-bond acceptors (Lipinski definition) is 3. The SMILES string of the molecule is C[C@@H]1CCc2c(sc3ncn(Cc4ccc(Cl)c(Cl)c4)c(=O)c23)C1. The Morgan fingerprint density at radius 3 is 2.96 bits per heavy atom. The standard InChI is InChI=1S/C18H16Cl2N2OS/c1-10-2-4-12-15(6-10)24-17-16(12)18(23)22(9-21-17)8-11-3-5-13(19)14(20)7-11/h3,5,7,9-10H,2,4,6,8H2,1H3/t10-/m1/s1. The summed E-state index contributed by atoms with van der Waals surface area (Å²) < 4.78 is 1.66. The molecule has 0 spiro atoms. The second-order valence-electron chi connectivity index (χ2n) is 6.46. The predicted molar refractivity (Wildman–Crippen MR) is 101 cm³/mol. The van der Waals surface area contributed by atoms with Crippen molar-refractivity contribution < 1.29 is 0 Å². The maximum absolute atomic E-state index is 13.0. The van der Waals surface area contributed by atoms with Crippen molar-refractivity contribution in [2.75, 3.05) is 0 Å². The van der Waals surface area contributed by atoms with Gasteiger partial charge in [0.05, 0.1) is 28.3 Å². The minimum atomic E-state index is 0.0399. The van der Waals surface area contributed by atoms with Gasteiger partial charge in [0.25, 0.3) is 5.56 Å². The van der Waals surface area contributed by atoms with Gasteiger partial charge < -0.3 is 0 Å². The lowest BCUT2D eigenvalue weighted by Gasteiger charge is -2.17. The molecule has 0 unspecified atom stereocenters. The Morgan fingerprint density at radius 1 is 1.33 bits per heavy atom. The number of halogens is 2. The van der Waals surface area contributed by atoms with Gasteiger partial charge in [0.1, 0.15) is 4.83 Å². The predicted octanol–water partition coefficient (Wildman–Crippen LogP) is 4.94. The summed E-state index contributed by atoms with van der Waals surface area (Å²) in [5.74, 6) is 0.684. The molecule has 2 aromatic heterocycles. The van der Waals surface area contributed by atoms with Crippen LogP contribution in [0.1, 0.15) is 29.3 Å². The third-order valence-electron chi connectivity index (χ3n) is 4.62. The lowest BCUT2D eigenvalue weighted by Crippen LogP contribution is -2.22. The van der Waals surface area contributed by atoms with Crippen molar-refractivity contribution in [3.63, 3.8) is 0 Å². The van der Waals surface area contributed by atoms with Crippen molar-refractivity contribution in [2.24, 2.45) is 5.92 Å². The molecule has 0 bridgehead atoms. The first-order chi connectivity index (χ1) is 11.5. The molecular weight excluding hydrogens is 363 g/mol. The topological polar surface area (TPSA) is 34.9 Å². The van der Waals surface area contributed by atoms with Crippen molar-refractivity contribution in [1.82, 2.24) is 9.55 Å². The Morgan fingerprint density at radius 2 is 2.17 bits per heavy atom. The molecule has 0 amide bonds. The second-order valence-corrected chi connectivity index (χ2v) is 8.36. The summed E-state index contributed by atoms with van der Waals surface area (Å²) in [6.45, 7) is 2.71. The van der Waals surface area contributed by atoms with Crippen LogP contribution in [-0.2, 0) is 19.4 Å². The van der Waals surface area contributed by atoms with E-state index in [0.29, 0.717) is 22.5 Å². The Bertz CT molecular complexity index is 993. The number of rotatable bonds is 2. The highest BCUT2D eigenvalue weighted by Gasteiger charge is 2.23. The lowest BCUT2D eigenvalue weighted by molar-refractivity contribution is 0.509. The number of hydrogen-bond donors (Lipinski definition) is 0. The minimum Gasteiger partial charge on any atom is -0.294 e. The van der Waals surface area contributed by atoms with Crippen molar-refractivity contribution in [3.8, 4) is 0 Å². The summed E-state index contributed by atoms with van der Waals surface area (Å²) in [4.78, 5) is 19.7. The first-order valence-corrected chi connectivity index (χ1v) is 9.54. The van der Waals surface area contributed by atoms with Crippen molar-refractivity contribution in [2.45, 2.75) is 32.7 Å². The Labute approximate surface area is 153 Å². The fraction of sp³-hybridized carbons (Fsp3) is 0.333. The van der Waals surface area contributed by atoms with E-state index < -0.39 is 0 Å².